The van der Waals surface area contributed by atoms with E-state index in [1.54, 1.807) is 36.0 Å². The maximum Gasteiger partial charge on any atom is 0.250 e. The van der Waals surface area contributed by atoms with Gasteiger partial charge in [0.05, 0.1) is 16.9 Å². The third-order valence-electron chi connectivity index (χ3n) is 4.22. The molecule has 6 heteroatoms. The van der Waals surface area contributed by atoms with Crippen molar-refractivity contribution in [2.45, 2.75) is 26.2 Å². The van der Waals surface area contributed by atoms with Crippen LogP contribution in [0.15, 0.2) is 54.0 Å². The maximum atomic E-state index is 11.7. The Hall–Kier alpha value is -3.04. The average Bonchev–Trinajstić information content (AvgIpc) is 2.68. The molecule has 1 aromatic carbocycles. The maximum absolute atomic E-state index is 11.7. The van der Waals surface area contributed by atoms with Crippen LogP contribution < -0.4 is 21.9 Å². The van der Waals surface area contributed by atoms with Crippen LogP contribution in [0.3, 0.4) is 0 Å². The molecule has 0 saturated heterocycles. The van der Waals surface area contributed by atoms with Crippen molar-refractivity contribution in [2.24, 2.45) is 7.05 Å². The molecule has 1 aromatic heterocycles. The van der Waals surface area contributed by atoms with Gasteiger partial charge in [0.1, 0.15) is 6.07 Å². The number of aromatic nitrogens is 1. The number of nitrogens with two attached hydrogens (primary N) is 1. The molecule has 2 rings (SSSR count). The van der Waals surface area contributed by atoms with Crippen LogP contribution >= 0.6 is 0 Å². The Bertz CT molecular complexity index is 851. The molecule has 0 aliphatic heterocycles. The number of aryl methyl sites for hydroxylation is 1. The van der Waals surface area contributed by atoms with Gasteiger partial charge in [-0.2, -0.15) is 5.26 Å². The lowest BCUT2D eigenvalue weighted by atomic mass is 10.0. The monoisotopic (exact) mass is 381 g/mol. The van der Waals surface area contributed by atoms with Gasteiger partial charge in [-0.1, -0.05) is 19.1 Å². The highest BCUT2D eigenvalue weighted by Gasteiger charge is 2.06. The van der Waals surface area contributed by atoms with Gasteiger partial charge in [-0.3, -0.25) is 4.79 Å². The van der Waals surface area contributed by atoms with Crippen LogP contribution in [0.2, 0.25) is 0 Å². The first-order chi connectivity index (χ1) is 13.4. The minimum absolute atomic E-state index is 0.0192. The van der Waals surface area contributed by atoms with Crippen LogP contribution in [0.5, 0.6) is 0 Å². The van der Waals surface area contributed by atoms with Crippen molar-refractivity contribution in [3.05, 3.63) is 70.7 Å². The molecule has 0 amide bonds. The molecule has 6 nitrogen and oxygen atoms in total. The van der Waals surface area contributed by atoms with E-state index in [9.17, 15) is 4.79 Å². The zero-order valence-electron chi connectivity index (χ0n) is 17.0. The minimum atomic E-state index is 0.0192. The molecule has 4 N–H and O–H groups in total. The number of para-hydroxylation sites is 1. The zero-order valence-corrected chi connectivity index (χ0v) is 17.0. The lowest BCUT2D eigenvalue weighted by molar-refractivity contribution is 0.601. The van der Waals surface area contributed by atoms with E-state index in [0.29, 0.717) is 11.3 Å². The third kappa shape index (κ3) is 7.29. The minimum Gasteiger partial charge on any atom is -0.396 e. The number of anilines is 2. The van der Waals surface area contributed by atoms with Gasteiger partial charge in [0.25, 0.3) is 5.56 Å². The first kappa shape index (κ1) is 23.0. The second kappa shape index (κ2) is 12.4. The zero-order chi connectivity index (χ0) is 20.9. The number of rotatable bonds is 8. The van der Waals surface area contributed by atoms with Crippen LogP contribution in [0.25, 0.3) is 0 Å². The molecular formula is C22H31N5O. The van der Waals surface area contributed by atoms with Crippen molar-refractivity contribution in [1.82, 2.24) is 9.88 Å². The third-order valence-corrected chi connectivity index (χ3v) is 4.22. The summed E-state index contributed by atoms with van der Waals surface area (Å²) in [6.45, 7) is 9.81. The summed E-state index contributed by atoms with van der Waals surface area (Å²) < 4.78 is 1.57. The summed E-state index contributed by atoms with van der Waals surface area (Å²) in [7, 11) is 1.75. The molecular weight excluding hydrogens is 350 g/mol. The fourth-order valence-electron chi connectivity index (χ4n) is 2.56. The van der Waals surface area contributed by atoms with Gasteiger partial charge in [0, 0.05) is 32.4 Å². The van der Waals surface area contributed by atoms with E-state index >= 15 is 0 Å². The molecule has 1 unspecified atom stereocenters. The lowest BCUT2D eigenvalue weighted by Gasteiger charge is -2.14. The number of benzene rings is 1. The first-order valence-corrected chi connectivity index (χ1v) is 9.41. The Labute approximate surface area is 167 Å². The average molecular weight is 382 g/mol. The Morgan fingerprint density at radius 1 is 1.36 bits per heavy atom. The van der Waals surface area contributed by atoms with Gasteiger partial charge in [-0.25, -0.2) is 0 Å². The number of allylic oxidation sites excluding steroid dienone is 1. The molecule has 150 valence electrons. The van der Waals surface area contributed by atoms with Gasteiger partial charge in [-0.15, -0.1) is 6.58 Å². The summed E-state index contributed by atoms with van der Waals surface area (Å²) in [5, 5.41) is 15.6. The molecule has 1 heterocycles. The Morgan fingerprint density at radius 2 is 2.07 bits per heavy atom. The van der Waals surface area contributed by atoms with Gasteiger partial charge >= 0.3 is 0 Å². The summed E-state index contributed by atoms with van der Waals surface area (Å²) in [4.78, 5) is 11.7. The van der Waals surface area contributed by atoms with Gasteiger partial charge in [0.15, 0.2) is 0 Å². The van der Waals surface area contributed by atoms with Crippen molar-refractivity contribution in [3.63, 3.8) is 0 Å². The van der Waals surface area contributed by atoms with Crippen molar-refractivity contribution in [1.29, 1.82) is 5.26 Å². The summed E-state index contributed by atoms with van der Waals surface area (Å²) in [5.41, 5.74) is 8.79. The van der Waals surface area contributed by atoms with Crippen molar-refractivity contribution in [3.8, 4) is 6.07 Å². The first-order valence-electron chi connectivity index (χ1n) is 9.41. The largest absolute Gasteiger partial charge is 0.396 e. The number of nitrogens with one attached hydrogen (secondary N) is 2. The highest BCUT2D eigenvalue weighted by atomic mass is 16.1. The van der Waals surface area contributed by atoms with Crippen molar-refractivity contribution < 1.29 is 0 Å². The molecule has 2 aromatic rings. The number of pyridine rings is 1. The van der Waals surface area contributed by atoms with Crippen LogP contribution in [0, 0.1) is 11.3 Å². The topological polar surface area (TPSA) is 95.9 Å². The summed E-state index contributed by atoms with van der Waals surface area (Å²) in [6.07, 6.45) is 4.48. The number of nitrogen functional groups attached to an aromatic ring is 1. The standard InChI is InChI=1S/C19H25N5O.C3H6/c1-14(15-7-10-24(2)18(25)11-15)13-22-8-4-9-23-17-6-3-5-16(12-20)19(17)21;1-3-2/h3,5-7,10-11,14,22-23H,4,8-9,13,21H2,1-2H3;3H,1H2,2H3. The van der Waals surface area contributed by atoms with Crippen molar-refractivity contribution >= 4 is 11.4 Å². The van der Waals surface area contributed by atoms with Crippen molar-refractivity contribution in [2.75, 3.05) is 30.7 Å². The quantitative estimate of drug-likeness (QED) is 0.371. The molecule has 0 fully saturated rings. The van der Waals surface area contributed by atoms with Gasteiger partial charge in [0.2, 0.25) is 0 Å². The number of hydrogen-bond acceptors (Lipinski definition) is 5. The van der Waals surface area contributed by atoms with E-state index in [1.165, 1.54) is 0 Å². The van der Waals surface area contributed by atoms with E-state index in [0.717, 1.165) is 37.3 Å². The molecule has 0 bridgehead atoms. The smallest absolute Gasteiger partial charge is 0.250 e. The molecule has 0 saturated carbocycles. The van der Waals surface area contributed by atoms with Gasteiger partial charge < -0.3 is 20.9 Å². The molecule has 0 aliphatic carbocycles. The molecule has 0 aliphatic rings. The highest BCUT2D eigenvalue weighted by Crippen LogP contribution is 2.21. The van der Waals surface area contributed by atoms with E-state index in [2.05, 4.69) is 30.2 Å². The summed E-state index contributed by atoms with van der Waals surface area (Å²) in [5.74, 6) is 0.282. The second-order valence-electron chi connectivity index (χ2n) is 6.58. The predicted molar refractivity (Wildman–Crippen MR) is 118 cm³/mol. The number of hydrogen-bond donors (Lipinski definition) is 3. The molecule has 0 radical (unpaired) electrons. The Balaban J connectivity index is 0.00000122. The van der Waals surface area contributed by atoms with Gasteiger partial charge in [-0.05, 0) is 49.6 Å². The highest BCUT2D eigenvalue weighted by molar-refractivity contribution is 5.72. The molecule has 28 heavy (non-hydrogen) atoms. The van der Waals surface area contributed by atoms with E-state index < -0.39 is 0 Å². The molecule has 0 spiro atoms. The van der Waals surface area contributed by atoms with Crippen LogP contribution in [-0.4, -0.2) is 24.2 Å². The lowest BCUT2D eigenvalue weighted by Crippen LogP contribution is -2.24. The SMILES string of the molecule is C=CC.CC(CNCCCNc1cccc(C#N)c1N)c1ccn(C)c(=O)c1. The van der Waals surface area contributed by atoms with E-state index in [1.807, 2.05) is 25.1 Å². The van der Waals surface area contributed by atoms with E-state index in [4.69, 9.17) is 11.0 Å². The Kier molecular flexibility index (Phi) is 10.2. The summed E-state index contributed by atoms with van der Waals surface area (Å²) in [6, 6.07) is 11.2. The van der Waals surface area contributed by atoms with Crippen LogP contribution in [0.1, 0.15) is 37.3 Å². The normalized spacial score (nSPS) is 10.9. The Morgan fingerprint density at radius 3 is 2.71 bits per heavy atom. The fraction of sp³-hybridized carbons (Fsp3) is 0.364. The number of nitrogens with zero attached hydrogens (tertiary/aromatic N) is 2. The van der Waals surface area contributed by atoms with Crippen LogP contribution in [0.4, 0.5) is 11.4 Å². The molecule has 1 atom stereocenters. The summed E-state index contributed by atoms with van der Waals surface area (Å²) >= 11 is 0. The number of nitriles is 1. The van der Waals surface area contributed by atoms with Crippen LogP contribution in [-0.2, 0) is 7.05 Å². The second-order valence-corrected chi connectivity index (χ2v) is 6.58. The predicted octanol–water partition coefficient (Wildman–Crippen LogP) is 3.23. The van der Waals surface area contributed by atoms with E-state index in [-0.39, 0.29) is 11.5 Å². The fourth-order valence-corrected chi connectivity index (χ4v) is 2.56.